The van der Waals surface area contributed by atoms with Gasteiger partial charge in [-0.25, -0.2) is 4.98 Å². The number of nitrogens with zero attached hydrogens (tertiary/aromatic N) is 4. The summed E-state index contributed by atoms with van der Waals surface area (Å²) in [6.45, 7) is 1.93. The topological polar surface area (TPSA) is 77.4 Å². The van der Waals surface area contributed by atoms with Crippen molar-refractivity contribution < 1.29 is 0 Å². The number of allylic oxidation sites excluding steroid dienone is 1. The van der Waals surface area contributed by atoms with Crippen LogP contribution in [0, 0.1) is 29.6 Å². The highest BCUT2D eigenvalue weighted by Crippen LogP contribution is 2.14. The van der Waals surface area contributed by atoms with Crippen LogP contribution < -0.4 is 5.32 Å². The molecule has 0 amide bonds. The zero-order valence-electron chi connectivity index (χ0n) is 10.3. The van der Waals surface area contributed by atoms with Crippen molar-refractivity contribution in [2.75, 3.05) is 5.32 Å². The largest absolute Gasteiger partial charge is 0.360 e. The van der Waals surface area contributed by atoms with E-state index in [4.69, 9.17) is 10.5 Å². The second-order valence-electron chi connectivity index (χ2n) is 3.90. The summed E-state index contributed by atoms with van der Waals surface area (Å²) >= 11 is 0. The van der Waals surface area contributed by atoms with E-state index in [9.17, 15) is 0 Å². The highest BCUT2D eigenvalue weighted by molar-refractivity contribution is 5.52. The minimum atomic E-state index is 0.0364. The van der Waals surface area contributed by atoms with Crippen molar-refractivity contribution in [3.05, 3.63) is 54.3 Å². The molecule has 0 aliphatic rings. The van der Waals surface area contributed by atoms with Gasteiger partial charge in [0, 0.05) is 23.8 Å². The normalized spacial score (nSPS) is 9.21. The first-order valence-corrected chi connectivity index (χ1v) is 5.61. The molecule has 0 saturated carbocycles. The zero-order valence-corrected chi connectivity index (χ0v) is 10.3. The summed E-state index contributed by atoms with van der Waals surface area (Å²) in [4.78, 5) is 4.16. The third-order valence-electron chi connectivity index (χ3n) is 2.50. The highest BCUT2D eigenvalue weighted by atomic mass is 15.0. The van der Waals surface area contributed by atoms with E-state index in [0.717, 1.165) is 17.1 Å². The van der Waals surface area contributed by atoms with E-state index in [1.165, 1.54) is 6.20 Å². The second kappa shape index (κ2) is 5.52. The Bertz CT molecular complexity index is 664. The van der Waals surface area contributed by atoms with Crippen LogP contribution in [0.15, 0.2) is 48.6 Å². The Hall–Kier alpha value is -3.05. The monoisotopic (exact) mass is 249 g/mol. The lowest BCUT2D eigenvalue weighted by atomic mass is 10.2. The van der Waals surface area contributed by atoms with Gasteiger partial charge in [0.2, 0.25) is 0 Å². The van der Waals surface area contributed by atoms with Crippen LogP contribution in [0.2, 0.25) is 0 Å². The molecule has 0 fully saturated rings. The maximum Gasteiger partial charge on any atom is 0.145 e. The van der Waals surface area contributed by atoms with Gasteiger partial charge in [-0.2, -0.15) is 10.5 Å². The zero-order chi connectivity index (χ0) is 13.7. The van der Waals surface area contributed by atoms with E-state index < -0.39 is 0 Å². The van der Waals surface area contributed by atoms with Crippen molar-refractivity contribution in [3.63, 3.8) is 0 Å². The lowest BCUT2D eigenvalue weighted by molar-refractivity contribution is 1.06. The first kappa shape index (κ1) is 12.4. The molecule has 19 heavy (non-hydrogen) atoms. The average molecular weight is 249 g/mol. The van der Waals surface area contributed by atoms with Crippen molar-refractivity contribution in [1.29, 1.82) is 10.5 Å². The minimum absolute atomic E-state index is 0.0364. The van der Waals surface area contributed by atoms with Gasteiger partial charge in [-0.05, 0) is 31.2 Å². The van der Waals surface area contributed by atoms with Crippen molar-refractivity contribution in [2.45, 2.75) is 6.92 Å². The van der Waals surface area contributed by atoms with Gasteiger partial charge in [0.05, 0.1) is 12.0 Å². The number of hydrogen-bond donors (Lipinski definition) is 1. The first-order valence-electron chi connectivity index (χ1n) is 5.61. The molecule has 0 spiro atoms. The maximum atomic E-state index is 8.61. The summed E-state index contributed by atoms with van der Waals surface area (Å²) in [5.74, 6) is 0. The third-order valence-corrected chi connectivity index (χ3v) is 2.50. The Kier molecular flexibility index (Phi) is 3.61. The van der Waals surface area contributed by atoms with Crippen LogP contribution >= 0.6 is 0 Å². The number of benzene rings is 1. The van der Waals surface area contributed by atoms with Gasteiger partial charge in [0.25, 0.3) is 0 Å². The SMILES string of the molecule is Cc1cn(-c2ccc(NC=C(C#N)C#N)cc2)cn1. The standard InChI is InChI=1S/C14H11N5/c1-11-9-19(10-18-11)14-4-2-13(3-5-14)17-8-12(6-15)7-16/h2-5,8-10,17H,1H3. The molecule has 0 aliphatic carbocycles. The molecule has 0 aliphatic heterocycles. The number of aromatic nitrogens is 2. The molecule has 5 nitrogen and oxygen atoms in total. The van der Waals surface area contributed by atoms with Gasteiger partial charge in [-0.1, -0.05) is 0 Å². The molecule has 1 aromatic heterocycles. The van der Waals surface area contributed by atoms with E-state index in [2.05, 4.69) is 10.3 Å². The van der Waals surface area contributed by atoms with Crippen molar-refractivity contribution in [3.8, 4) is 17.8 Å². The molecule has 1 heterocycles. The van der Waals surface area contributed by atoms with Gasteiger partial charge in [0.1, 0.15) is 17.7 Å². The fourth-order valence-corrected chi connectivity index (χ4v) is 1.54. The van der Waals surface area contributed by atoms with E-state index in [1.54, 1.807) is 18.5 Å². The van der Waals surface area contributed by atoms with Crippen LogP contribution in [0.1, 0.15) is 5.69 Å². The van der Waals surface area contributed by atoms with Crippen LogP contribution in [-0.2, 0) is 0 Å². The molecule has 1 aromatic carbocycles. The van der Waals surface area contributed by atoms with Gasteiger partial charge in [-0.15, -0.1) is 0 Å². The lowest BCUT2D eigenvalue weighted by Crippen LogP contribution is -1.92. The molecule has 1 N–H and O–H groups in total. The molecule has 92 valence electrons. The van der Waals surface area contributed by atoms with Crippen molar-refractivity contribution in [2.24, 2.45) is 0 Å². The number of rotatable bonds is 3. The van der Waals surface area contributed by atoms with Crippen LogP contribution in [0.4, 0.5) is 5.69 Å². The Balaban J connectivity index is 2.14. The van der Waals surface area contributed by atoms with E-state index in [0.29, 0.717) is 0 Å². The number of imidazole rings is 1. The number of aryl methyl sites for hydroxylation is 1. The fraction of sp³-hybridized carbons (Fsp3) is 0.0714. The van der Waals surface area contributed by atoms with Gasteiger partial charge >= 0.3 is 0 Å². The van der Waals surface area contributed by atoms with Gasteiger partial charge < -0.3 is 9.88 Å². The molecule has 2 rings (SSSR count). The summed E-state index contributed by atoms with van der Waals surface area (Å²) in [6, 6.07) is 11.2. The molecule has 0 atom stereocenters. The summed E-state index contributed by atoms with van der Waals surface area (Å²) in [7, 11) is 0. The molecular formula is C14H11N5. The summed E-state index contributed by atoms with van der Waals surface area (Å²) in [6.07, 6.45) is 5.07. The Morgan fingerprint density at radius 3 is 2.47 bits per heavy atom. The number of hydrogen-bond acceptors (Lipinski definition) is 4. The highest BCUT2D eigenvalue weighted by Gasteiger charge is 1.98. The Morgan fingerprint density at radius 1 is 1.26 bits per heavy atom. The molecule has 0 radical (unpaired) electrons. The van der Waals surface area contributed by atoms with Crippen molar-refractivity contribution in [1.82, 2.24) is 9.55 Å². The Morgan fingerprint density at radius 2 is 1.95 bits per heavy atom. The van der Waals surface area contributed by atoms with Gasteiger partial charge in [0.15, 0.2) is 0 Å². The molecular weight excluding hydrogens is 238 g/mol. The van der Waals surface area contributed by atoms with Crippen LogP contribution in [-0.4, -0.2) is 9.55 Å². The minimum Gasteiger partial charge on any atom is -0.360 e. The molecule has 2 aromatic rings. The summed E-state index contributed by atoms with van der Waals surface area (Å²) < 4.78 is 1.92. The number of anilines is 1. The van der Waals surface area contributed by atoms with E-state index in [1.807, 2.05) is 42.0 Å². The maximum absolute atomic E-state index is 8.61. The van der Waals surface area contributed by atoms with E-state index >= 15 is 0 Å². The van der Waals surface area contributed by atoms with Gasteiger partial charge in [-0.3, -0.25) is 0 Å². The predicted octanol–water partition coefficient (Wildman–Crippen LogP) is 2.52. The van der Waals surface area contributed by atoms with E-state index in [-0.39, 0.29) is 5.57 Å². The molecule has 5 heteroatoms. The predicted molar refractivity (Wildman–Crippen MR) is 71.2 cm³/mol. The third kappa shape index (κ3) is 2.99. The summed E-state index contributed by atoms with van der Waals surface area (Å²) in [5.41, 5.74) is 2.80. The fourth-order valence-electron chi connectivity index (χ4n) is 1.54. The number of nitriles is 2. The molecule has 0 bridgehead atoms. The van der Waals surface area contributed by atoms with Crippen molar-refractivity contribution >= 4 is 5.69 Å². The van der Waals surface area contributed by atoms with Crippen LogP contribution in [0.25, 0.3) is 5.69 Å². The number of nitrogens with one attached hydrogen (secondary N) is 1. The first-order chi connectivity index (χ1) is 9.22. The summed E-state index contributed by atoms with van der Waals surface area (Å²) in [5, 5.41) is 20.1. The Labute approximate surface area is 111 Å². The smallest absolute Gasteiger partial charge is 0.145 e. The average Bonchev–Trinajstić information content (AvgIpc) is 2.87. The molecule has 0 unspecified atom stereocenters. The van der Waals surface area contributed by atoms with Crippen LogP contribution in [0.3, 0.4) is 0 Å². The lowest BCUT2D eigenvalue weighted by Gasteiger charge is -2.04. The second-order valence-corrected chi connectivity index (χ2v) is 3.90. The van der Waals surface area contributed by atoms with Crippen LogP contribution in [0.5, 0.6) is 0 Å². The molecule has 0 saturated heterocycles. The quantitative estimate of drug-likeness (QED) is 0.848.